The van der Waals surface area contributed by atoms with Crippen molar-refractivity contribution >= 4 is 5.84 Å². The van der Waals surface area contributed by atoms with Crippen LogP contribution in [-0.4, -0.2) is 38.0 Å². The third-order valence-electron chi connectivity index (χ3n) is 2.11. The molecular formula is C9H16N2O. The van der Waals surface area contributed by atoms with Crippen LogP contribution < -0.4 is 0 Å². The Morgan fingerprint density at radius 1 is 1.42 bits per heavy atom. The van der Waals surface area contributed by atoms with E-state index in [0.29, 0.717) is 5.76 Å². The molecule has 0 radical (unpaired) electrons. The highest BCUT2D eigenvalue weighted by Crippen LogP contribution is 2.12. The Bertz CT molecular complexity index is 193. The van der Waals surface area contributed by atoms with Crippen molar-refractivity contribution < 1.29 is 4.74 Å². The number of ether oxygens (including phenoxy) is 1. The van der Waals surface area contributed by atoms with Gasteiger partial charge in [-0.25, -0.2) is 0 Å². The summed E-state index contributed by atoms with van der Waals surface area (Å²) in [7, 11) is 3.40. The fourth-order valence-corrected chi connectivity index (χ4v) is 1.46. The van der Waals surface area contributed by atoms with Crippen molar-refractivity contribution in [2.75, 3.05) is 27.2 Å². The number of rotatable bonds is 2. The highest BCUT2D eigenvalue weighted by atomic mass is 16.5. The molecule has 0 unspecified atom stereocenters. The molecule has 0 saturated carbocycles. The normalized spacial score (nSPS) is 18.2. The van der Waals surface area contributed by atoms with E-state index in [4.69, 9.17) is 4.74 Å². The number of likely N-dealkylation sites (tertiary alicyclic amines) is 1. The van der Waals surface area contributed by atoms with Crippen LogP contribution >= 0.6 is 0 Å². The summed E-state index contributed by atoms with van der Waals surface area (Å²) in [6.07, 6.45) is 2.49. The minimum atomic E-state index is 0.666. The van der Waals surface area contributed by atoms with Gasteiger partial charge in [-0.1, -0.05) is 6.58 Å². The monoisotopic (exact) mass is 168 g/mol. The fraction of sp³-hybridized carbons (Fsp3) is 0.667. The van der Waals surface area contributed by atoms with Gasteiger partial charge in [0.05, 0.1) is 7.11 Å². The lowest BCUT2D eigenvalue weighted by atomic mass is 10.4. The van der Waals surface area contributed by atoms with Gasteiger partial charge in [0.1, 0.15) is 0 Å². The molecule has 0 aromatic rings. The number of methoxy groups -OCH3 is 1. The zero-order valence-corrected chi connectivity index (χ0v) is 7.84. The Hall–Kier alpha value is -0.990. The van der Waals surface area contributed by atoms with Gasteiger partial charge in [-0.15, -0.1) is 0 Å². The molecule has 68 valence electrons. The van der Waals surface area contributed by atoms with Crippen LogP contribution in [0.15, 0.2) is 17.3 Å². The molecule has 1 aliphatic heterocycles. The minimum Gasteiger partial charge on any atom is -0.494 e. The molecule has 0 N–H and O–H groups in total. The largest absolute Gasteiger partial charge is 0.494 e. The SMILES string of the molecule is C=C(OC)C(=NC)N1CCCC1. The van der Waals surface area contributed by atoms with Gasteiger partial charge >= 0.3 is 0 Å². The van der Waals surface area contributed by atoms with E-state index in [1.165, 1.54) is 12.8 Å². The Morgan fingerprint density at radius 2 is 2.00 bits per heavy atom. The summed E-state index contributed by atoms with van der Waals surface area (Å²) in [4.78, 5) is 6.37. The van der Waals surface area contributed by atoms with Crippen molar-refractivity contribution in [3.05, 3.63) is 12.3 Å². The molecule has 1 heterocycles. The molecule has 12 heavy (non-hydrogen) atoms. The summed E-state index contributed by atoms with van der Waals surface area (Å²) in [6, 6.07) is 0. The van der Waals surface area contributed by atoms with Gasteiger partial charge in [-0.3, -0.25) is 4.99 Å². The van der Waals surface area contributed by atoms with Crippen LogP contribution in [0.25, 0.3) is 0 Å². The van der Waals surface area contributed by atoms with Gasteiger partial charge in [-0.05, 0) is 12.8 Å². The Balaban J connectivity index is 2.61. The van der Waals surface area contributed by atoms with Gasteiger partial charge in [0.2, 0.25) is 0 Å². The van der Waals surface area contributed by atoms with Crippen molar-refractivity contribution in [3.8, 4) is 0 Å². The van der Waals surface area contributed by atoms with Gasteiger partial charge in [0.15, 0.2) is 11.6 Å². The summed E-state index contributed by atoms with van der Waals surface area (Å²) in [5.74, 6) is 1.56. The van der Waals surface area contributed by atoms with Crippen LogP contribution in [0.5, 0.6) is 0 Å². The topological polar surface area (TPSA) is 24.8 Å². The zero-order valence-electron chi connectivity index (χ0n) is 7.84. The van der Waals surface area contributed by atoms with Crippen LogP contribution in [0, 0.1) is 0 Å². The van der Waals surface area contributed by atoms with E-state index in [0.717, 1.165) is 18.9 Å². The van der Waals surface area contributed by atoms with Gasteiger partial charge < -0.3 is 9.64 Å². The van der Waals surface area contributed by atoms with E-state index < -0.39 is 0 Å². The Labute approximate surface area is 73.7 Å². The van der Waals surface area contributed by atoms with Gasteiger partial charge in [0, 0.05) is 20.1 Å². The predicted octanol–water partition coefficient (Wildman–Crippen LogP) is 1.27. The molecular weight excluding hydrogens is 152 g/mol. The van der Waals surface area contributed by atoms with E-state index in [1.807, 2.05) is 0 Å². The van der Waals surface area contributed by atoms with E-state index in [-0.39, 0.29) is 0 Å². The molecule has 0 amide bonds. The number of hydrogen-bond acceptors (Lipinski definition) is 2. The molecule has 0 atom stereocenters. The van der Waals surface area contributed by atoms with Crippen molar-refractivity contribution in [2.45, 2.75) is 12.8 Å². The number of nitrogens with zero attached hydrogens (tertiary/aromatic N) is 2. The quantitative estimate of drug-likeness (QED) is 0.352. The van der Waals surface area contributed by atoms with E-state index >= 15 is 0 Å². The highest BCUT2D eigenvalue weighted by molar-refractivity contribution is 5.96. The molecule has 1 saturated heterocycles. The average Bonchev–Trinajstić information content (AvgIpc) is 2.58. The van der Waals surface area contributed by atoms with Crippen molar-refractivity contribution in [3.63, 3.8) is 0 Å². The summed E-state index contributed by atoms with van der Waals surface area (Å²) >= 11 is 0. The fourth-order valence-electron chi connectivity index (χ4n) is 1.46. The maximum absolute atomic E-state index is 5.05. The summed E-state index contributed by atoms with van der Waals surface area (Å²) < 4.78 is 5.05. The first-order chi connectivity index (χ1) is 5.79. The molecule has 0 spiro atoms. The number of aliphatic imine (C=N–C) groups is 1. The lowest BCUT2D eigenvalue weighted by molar-refractivity contribution is 0.305. The number of amidine groups is 1. The molecule has 1 rings (SSSR count). The second-order valence-electron chi connectivity index (χ2n) is 2.87. The molecule has 0 aromatic carbocycles. The van der Waals surface area contributed by atoms with E-state index in [2.05, 4.69) is 16.5 Å². The molecule has 1 aliphatic rings. The highest BCUT2D eigenvalue weighted by Gasteiger charge is 2.17. The van der Waals surface area contributed by atoms with Crippen LogP contribution in [0.1, 0.15) is 12.8 Å². The third-order valence-corrected chi connectivity index (χ3v) is 2.11. The molecule has 3 heteroatoms. The standard InChI is InChI=1S/C9H16N2O/c1-8(12-3)9(10-2)11-6-4-5-7-11/h1,4-7H2,2-3H3. The molecule has 0 aliphatic carbocycles. The van der Waals surface area contributed by atoms with Crippen LogP contribution in [0.4, 0.5) is 0 Å². The second-order valence-corrected chi connectivity index (χ2v) is 2.87. The third kappa shape index (κ3) is 1.78. The number of hydrogen-bond donors (Lipinski definition) is 0. The van der Waals surface area contributed by atoms with E-state index in [9.17, 15) is 0 Å². The first kappa shape index (κ1) is 9.10. The zero-order chi connectivity index (χ0) is 8.97. The maximum atomic E-state index is 5.05. The Kier molecular flexibility index (Phi) is 3.14. The van der Waals surface area contributed by atoms with Gasteiger partial charge in [0.25, 0.3) is 0 Å². The van der Waals surface area contributed by atoms with Crippen LogP contribution in [-0.2, 0) is 4.74 Å². The molecule has 0 aromatic heterocycles. The van der Waals surface area contributed by atoms with Crippen molar-refractivity contribution in [1.82, 2.24) is 4.90 Å². The van der Waals surface area contributed by atoms with Crippen LogP contribution in [0.3, 0.4) is 0 Å². The smallest absolute Gasteiger partial charge is 0.165 e. The summed E-state index contributed by atoms with van der Waals surface area (Å²) in [5.41, 5.74) is 0. The molecule has 3 nitrogen and oxygen atoms in total. The molecule has 1 fully saturated rings. The Morgan fingerprint density at radius 3 is 2.42 bits per heavy atom. The average molecular weight is 168 g/mol. The lowest BCUT2D eigenvalue weighted by Gasteiger charge is -2.19. The second kappa shape index (κ2) is 4.14. The van der Waals surface area contributed by atoms with Crippen LogP contribution in [0.2, 0.25) is 0 Å². The summed E-state index contributed by atoms with van der Waals surface area (Å²) in [6.45, 7) is 5.95. The van der Waals surface area contributed by atoms with Crippen molar-refractivity contribution in [2.24, 2.45) is 4.99 Å². The summed E-state index contributed by atoms with van der Waals surface area (Å²) in [5, 5.41) is 0. The lowest BCUT2D eigenvalue weighted by Crippen LogP contribution is -2.29. The maximum Gasteiger partial charge on any atom is 0.165 e. The minimum absolute atomic E-state index is 0.666. The predicted molar refractivity (Wildman–Crippen MR) is 50.3 cm³/mol. The van der Waals surface area contributed by atoms with Gasteiger partial charge in [-0.2, -0.15) is 0 Å². The first-order valence-corrected chi connectivity index (χ1v) is 4.24. The first-order valence-electron chi connectivity index (χ1n) is 4.24. The van der Waals surface area contributed by atoms with Crippen molar-refractivity contribution in [1.29, 1.82) is 0 Å². The van der Waals surface area contributed by atoms with E-state index in [1.54, 1.807) is 14.2 Å². The molecule has 0 bridgehead atoms.